The molecule has 0 atom stereocenters. The van der Waals surface area contributed by atoms with Crippen LogP contribution >= 0.6 is 0 Å². The van der Waals surface area contributed by atoms with Crippen molar-refractivity contribution in [3.63, 3.8) is 0 Å². The van der Waals surface area contributed by atoms with Crippen LogP contribution in [0.3, 0.4) is 0 Å². The zero-order valence-corrected chi connectivity index (χ0v) is 5.17. The molecule has 0 aromatic heterocycles. The van der Waals surface area contributed by atoms with E-state index in [1.54, 1.807) is 18.2 Å². The topological polar surface area (TPSA) is 78.1 Å². The first-order valence-electron chi connectivity index (χ1n) is 2.48. The molecule has 9 heavy (non-hydrogen) atoms. The van der Waals surface area contributed by atoms with Gasteiger partial charge in [-0.1, -0.05) is 18.7 Å². The molecule has 3 nitrogen and oxygen atoms in total. The summed E-state index contributed by atoms with van der Waals surface area (Å²) in [5, 5.41) is 0. The Balaban J connectivity index is 4.06. The lowest BCUT2D eigenvalue weighted by atomic mass is 10.4. The van der Waals surface area contributed by atoms with Crippen LogP contribution < -0.4 is 17.2 Å². The van der Waals surface area contributed by atoms with Gasteiger partial charge < -0.3 is 17.2 Å². The van der Waals surface area contributed by atoms with Crippen molar-refractivity contribution in [1.29, 1.82) is 0 Å². The molecule has 0 aliphatic heterocycles. The van der Waals surface area contributed by atoms with E-state index in [-0.39, 0.29) is 5.82 Å². The molecule has 0 aliphatic rings. The minimum atomic E-state index is 0.133. The van der Waals surface area contributed by atoms with Crippen LogP contribution in [0.2, 0.25) is 0 Å². The van der Waals surface area contributed by atoms with Crippen LogP contribution in [0.25, 0.3) is 0 Å². The SMILES string of the molecule is C=C/C=C\C(N)=C(N)N. The number of allylic oxidation sites excluding steroid dienone is 3. The zero-order chi connectivity index (χ0) is 7.28. The van der Waals surface area contributed by atoms with Gasteiger partial charge >= 0.3 is 0 Å². The second-order valence-corrected chi connectivity index (χ2v) is 1.51. The fraction of sp³-hybridized carbons (Fsp3) is 0. The largest absolute Gasteiger partial charge is 0.396 e. The normalized spacial score (nSPS) is 9.33. The quantitative estimate of drug-likeness (QED) is 0.446. The zero-order valence-electron chi connectivity index (χ0n) is 5.17. The molecule has 50 valence electrons. The molecule has 0 spiro atoms. The van der Waals surface area contributed by atoms with Gasteiger partial charge in [-0.2, -0.15) is 0 Å². The maximum Gasteiger partial charge on any atom is 0.117 e. The van der Waals surface area contributed by atoms with Gasteiger partial charge in [0, 0.05) is 0 Å². The van der Waals surface area contributed by atoms with Crippen molar-refractivity contribution in [2.24, 2.45) is 17.2 Å². The Labute approximate surface area is 54.5 Å². The standard InChI is InChI=1S/C6H11N3/c1-2-3-4-5(7)6(8)9/h2-4H,1,7-9H2/b4-3-. The van der Waals surface area contributed by atoms with Gasteiger partial charge in [0.05, 0.1) is 5.70 Å². The van der Waals surface area contributed by atoms with Gasteiger partial charge in [-0.15, -0.1) is 0 Å². The molecular formula is C6H11N3. The summed E-state index contributed by atoms with van der Waals surface area (Å²) in [7, 11) is 0. The summed E-state index contributed by atoms with van der Waals surface area (Å²) in [5.74, 6) is 0.133. The van der Waals surface area contributed by atoms with E-state index in [4.69, 9.17) is 17.2 Å². The van der Waals surface area contributed by atoms with Crippen molar-refractivity contribution in [2.75, 3.05) is 0 Å². The third-order valence-corrected chi connectivity index (χ3v) is 0.745. The Morgan fingerprint density at radius 2 is 1.78 bits per heavy atom. The van der Waals surface area contributed by atoms with E-state index in [1.807, 2.05) is 0 Å². The summed E-state index contributed by atoms with van der Waals surface area (Å²) >= 11 is 0. The highest BCUT2D eigenvalue weighted by atomic mass is 14.8. The lowest BCUT2D eigenvalue weighted by Crippen LogP contribution is -2.15. The van der Waals surface area contributed by atoms with Gasteiger partial charge in [0.1, 0.15) is 5.82 Å². The first kappa shape index (κ1) is 7.62. The van der Waals surface area contributed by atoms with E-state index < -0.39 is 0 Å². The van der Waals surface area contributed by atoms with Gasteiger partial charge in [-0.25, -0.2) is 0 Å². The Kier molecular flexibility index (Phi) is 3.05. The molecule has 3 heteroatoms. The first-order chi connectivity index (χ1) is 4.18. The van der Waals surface area contributed by atoms with Crippen molar-refractivity contribution in [2.45, 2.75) is 0 Å². The molecule has 0 saturated heterocycles. The lowest BCUT2D eigenvalue weighted by molar-refractivity contribution is 1.17. The second kappa shape index (κ2) is 3.60. The Morgan fingerprint density at radius 3 is 2.11 bits per heavy atom. The third-order valence-electron chi connectivity index (χ3n) is 0.745. The maximum absolute atomic E-state index is 5.30. The van der Waals surface area contributed by atoms with Gasteiger partial charge in [0.2, 0.25) is 0 Å². The predicted molar refractivity (Wildman–Crippen MR) is 38.9 cm³/mol. The van der Waals surface area contributed by atoms with Crippen molar-refractivity contribution in [3.05, 3.63) is 36.3 Å². The Hall–Kier alpha value is -1.38. The van der Waals surface area contributed by atoms with Crippen molar-refractivity contribution < 1.29 is 0 Å². The summed E-state index contributed by atoms with van der Waals surface area (Å²) in [6, 6.07) is 0. The van der Waals surface area contributed by atoms with Crippen LogP contribution in [0, 0.1) is 0 Å². The molecule has 0 aliphatic carbocycles. The highest BCUT2D eigenvalue weighted by Crippen LogP contribution is 1.85. The average molecular weight is 125 g/mol. The predicted octanol–water partition coefficient (Wildman–Crippen LogP) is -0.226. The molecule has 0 aromatic rings. The Bertz CT molecular complexity index is 152. The maximum atomic E-state index is 5.30. The van der Waals surface area contributed by atoms with Gasteiger partial charge in [0.25, 0.3) is 0 Å². The highest BCUT2D eigenvalue weighted by molar-refractivity contribution is 5.21. The van der Waals surface area contributed by atoms with Crippen LogP contribution in [-0.4, -0.2) is 0 Å². The minimum absolute atomic E-state index is 0.133. The summed E-state index contributed by atoms with van der Waals surface area (Å²) in [6.45, 7) is 3.45. The van der Waals surface area contributed by atoms with Gasteiger partial charge in [0.15, 0.2) is 0 Å². The highest BCUT2D eigenvalue weighted by Gasteiger charge is 1.83. The smallest absolute Gasteiger partial charge is 0.117 e. The molecular weight excluding hydrogens is 114 g/mol. The molecule has 0 heterocycles. The molecule has 0 amide bonds. The molecule has 0 radical (unpaired) electrons. The average Bonchev–Trinajstić information content (AvgIpc) is 1.82. The summed E-state index contributed by atoms with van der Waals surface area (Å²) in [6.07, 6.45) is 4.84. The van der Waals surface area contributed by atoms with Crippen LogP contribution in [0.1, 0.15) is 0 Å². The number of nitrogens with two attached hydrogens (primary N) is 3. The number of rotatable bonds is 2. The summed E-state index contributed by atoms with van der Waals surface area (Å²) in [5.41, 5.74) is 15.9. The fourth-order valence-electron chi connectivity index (χ4n) is 0.268. The molecule has 0 unspecified atom stereocenters. The third kappa shape index (κ3) is 3.22. The van der Waals surface area contributed by atoms with Crippen molar-refractivity contribution >= 4 is 0 Å². The monoisotopic (exact) mass is 125 g/mol. The van der Waals surface area contributed by atoms with E-state index in [1.165, 1.54) is 0 Å². The lowest BCUT2D eigenvalue weighted by Gasteiger charge is -1.92. The molecule has 0 aromatic carbocycles. The van der Waals surface area contributed by atoms with E-state index in [2.05, 4.69) is 6.58 Å². The number of hydrogen-bond acceptors (Lipinski definition) is 3. The minimum Gasteiger partial charge on any atom is -0.396 e. The van der Waals surface area contributed by atoms with E-state index in [0.29, 0.717) is 5.70 Å². The van der Waals surface area contributed by atoms with E-state index in [9.17, 15) is 0 Å². The van der Waals surface area contributed by atoms with Crippen LogP contribution in [0.5, 0.6) is 0 Å². The van der Waals surface area contributed by atoms with Crippen molar-refractivity contribution in [1.82, 2.24) is 0 Å². The molecule has 0 saturated carbocycles. The molecule has 0 fully saturated rings. The van der Waals surface area contributed by atoms with Crippen molar-refractivity contribution in [3.8, 4) is 0 Å². The molecule has 0 bridgehead atoms. The molecule has 0 rings (SSSR count). The van der Waals surface area contributed by atoms with Crippen LogP contribution in [0.4, 0.5) is 0 Å². The van der Waals surface area contributed by atoms with E-state index >= 15 is 0 Å². The summed E-state index contributed by atoms with van der Waals surface area (Å²) < 4.78 is 0. The Morgan fingerprint density at radius 1 is 1.22 bits per heavy atom. The fourth-order valence-corrected chi connectivity index (χ4v) is 0.268. The first-order valence-corrected chi connectivity index (χ1v) is 2.48. The van der Waals surface area contributed by atoms with Gasteiger partial charge in [-0.3, -0.25) is 0 Å². The van der Waals surface area contributed by atoms with Crippen LogP contribution in [-0.2, 0) is 0 Å². The molecule has 6 N–H and O–H groups in total. The second-order valence-electron chi connectivity index (χ2n) is 1.51. The van der Waals surface area contributed by atoms with Gasteiger partial charge in [-0.05, 0) is 6.08 Å². The summed E-state index contributed by atoms with van der Waals surface area (Å²) in [4.78, 5) is 0. The number of hydrogen-bond donors (Lipinski definition) is 3. The van der Waals surface area contributed by atoms with E-state index in [0.717, 1.165) is 0 Å². The van der Waals surface area contributed by atoms with Crippen LogP contribution in [0.15, 0.2) is 36.3 Å².